The normalized spacial score (nSPS) is 11.5. The highest BCUT2D eigenvalue weighted by Crippen LogP contribution is 2.27. The van der Waals surface area contributed by atoms with Gasteiger partial charge in [0.25, 0.3) is 5.89 Å². The standard InChI is InChI=1S/C19H15N3O2/c1-22-12-13(14-6-2-4-8-16(14)22)10-11-18-20-19(24-21-18)15-7-3-5-9-17(15)23/h2-12,23H,1H3. The van der Waals surface area contributed by atoms with Gasteiger partial charge in [-0.05, 0) is 30.4 Å². The minimum atomic E-state index is 0.116. The van der Waals surface area contributed by atoms with E-state index in [0.29, 0.717) is 17.3 Å². The number of phenolic OH excluding ortho intramolecular Hbond substituents is 1. The average molecular weight is 317 g/mol. The molecule has 4 rings (SSSR count). The van der Waals surface area contributed by atoms with Crippen LogP contribution in [0.3, 0.4) is 0 Å². The van der Waals surface area contributed by atoms with Gasteiger partial charge in [-0.25, -0.2) is 0 Å². The van der Waals surface area contributed by atoms with Crippen molar-refractivity contribution in [2.45, 2.75) is 0 Å². The highest BCUT2D eigenvalue weighted by atomic mass is 16.5. The molecule has 118 valence electrons. The summed E-state index contributed by atoms with van der Waals surface area (Å²) in [6.45, 7) is 0. The molecule has 0 atom stereocenters. The van der Waals surface area contributed by atoms with E-state index in [0.717, 1.165) is 5.56 Å². The fourth-order valence-electron chi connectivity index (χ4n) is 2.74. The van der Waals surface area contributed by atoms with E-state index in [1.54, 1.807) is 24.3 Å². The van der Waals surface area contributed by atoms with Crippen LogP contribution >= 0.6 is 0 Å². The summed E-state index contributed by atoms with van der Waals surface area (Å²) >= 11 is 0. The van der Waals surface area contributed by atoms with E-state index in [4.69, 9.17) is 4.52 Å². The second kappa shape index (κ2) is 5.70. The predicted molar refractivity (Wildman–Crippen MR) is 93.2 cm³/mol. The summed E-state index contributed by atoms with van der Waals surface area (Å²) < 4.78 is 7.32. The Morgan fingerprint density at radius 1 is 1.04 bits per heavy atom. The Morgan fingerprint density at radius 2 is 1.83 bits per heavy atom. The molecule has 0 bridgehead atoms. The maximum absolute atomic E-state index is 9.85. The molecule has 24 heavy (non-hydrogen) atoms. The number of benzene rings is 2. The highest BCUT2D eigenvalue weighted by molar-refractivity contribution is 5.91. The van der Waals surface area contributed by atoms with Gasteiger partial charge in [-0.2, -0.15) is 4.98 Å². The molecule has 0 fully saturated rings. The third kappa shape index (κ3) is 2.46. The number of fused-ring (bicyclic) bond motifs is 1. The summed E-state index contributed by atoms with van der Waals surface area (Å²) in [4.78, 5) is 4.31. The molecular weight excluding hydrogens is 302 g/mol. The first-order valence-electron chi connectivity index (χ1n) is 7.56. The second-order valence-electron chi connectivity index (χ2n) is 5.52. The molecule has 0 saturated carbocycles. The molecule has 2 aromatic carbocycles. The van der Waals surface area contributed by atoms with Crippen LogP contribution in [0.25, 0.3) is 34.5 Å². The monoisotopic (exact) mass is 317 g/mol. The van der Waals surface area contributed by atoms with Gasteiger partial charge in [0.05, 0.1) is 5.56 Å². The molecule has 0 aliphatic heterocycles. The molecular formula is C19H15N3O2. The van der Waals surface area contributed by atoms with Crippen LogP contribution in [0.2, 0.25) is 0 Å². The van der Waals surface area contributed by atoms with E-state index in [9.17, 15) is 5.11 Å². The fourth-order valence-corrected chi connectivity index (χ4v) is 2.74. The molecule has 2 heterocycles. The van der Waals surface area contributed by atoms with Gasteiger partial charge in [0.1, 0.15) is 5.75 Å². The predicted octanol–water partition coefficient (Wildman–Crippen LogP) is 4.10. The first-order chi connectivity index (χ1) is 11.7. The Bertz CT molecular complexity index is 1040. The zero-order valence-corrected chi connectivity index (χ0v) is 13.0. The first-order valence-corrected chi connectivity index (χ1v) is 7.56. The number of hydrogen-bond acceptors (Lipinski definition) is 4. The van der Waals surface area contributed by atoms with Crippen molar-refractivity contribution < 1.29 is 9.63 Å². The fraction of sp³-hybridized carbons (Fsp3) is 0.0526. The molecule has 0 aliphatic carbocycles. The summed E-state index contributed by atoms with van der Waals surface area (Å²) in [7, 11) is 2.02. The van der Waals surface area contributed by atoms with Crippen LogP contribution in [0, 0.1) is 0 Å². The molecule has 0 amide bonds. The van der Waals surface area contributed by atoms with Gasteiger partial charge in [0, 0.05) is 29.7 Å². The molecule has 0 aliphatic rings. The van der Waals surface area contributed by atoms with Crippen molar-refractivity contribution >= 4 is 23.1 Å². The lowest BCUT2D eigenvalue weighted by atomic mass is 10.1. The lowest BCUT2D eigenvalue weighted by molar-refractivity contribution is 0.423. The number of nitrogens with zero attached hydrogens (tertiary/aromatic N) is 3. The van der Waals surface area contributed by atoms with Gasteiger partial charge in [0.15, 0.2) is 5.82 Å². The van der Waals surface area contributed by atoms with Crippen LogP contribution in [0.5, 0.6) is 5.75 Å². The minimum absolute atomic E-state index is 0.116. The molecule has 5 heteroatoms. The van der Waals surface area contributed by atoms with Crippen LogP contribution < -0.4 is 0 Å². The van der Waals surface area contributed by atoms with Crippen molar-refractivity contribution in [3.05, 3.63) is 66.1 Å². The maximum Gasteiger partial charge on any atom is 0.261 e. The molecule has 2 aromatic heterocycles. The molecule has 1 N–H and O–H groups in total. The molecule has 0 saturated heterocycles. The van der Waals surface area contributed by atoms with Gasteiger partial charge in [-0.15, -0.1) is 0 Å². The quantitative estimate of drug-likeness (QED) is 0.618. The van der Waals surface area contributed by atoms with Crippen molar-refractivity contribution in [1.29, 1.82) is 0 Å². The number of rotatable bonds is 3. The Morgan fingerprint density at radius 3 is 2.71 bits per heavy atom. The van der Waals surface area contributed by atoms with E-state index >= 15 is 0 Å². The van der Waals surface area contributed by atoms with Gasteiger partial charge in [-0.1, -0.05) is 35.5 Å². The van der Waals surface area contributed by atoms with Crippen molar-refractivity contribution in [3.8, 4) is 17.2 Å². The smallest absolute Gasteiger partial charge is 0.261 e. The van der Waals surface area contributed by atoms with Crippen LogP contribution in [0.4, 0.5) is 0 Å². The van der Waals surface area contributed by atoms with Gasteiger partial charge < -0.3 is 14.2 Å². The number of aromatic hydroxyl groups is 1. The Hall–Kier alpha value is -3.34. The first kappa shape index (κ1) is 14.3. The van der Waals surface area contributed by atoms with E-state index < -0.39 is 0 Å². The lowest BCUT2D eigenvalue weighted by Crippen LogP contribution is -1.81. The topological polar surface area (TPSA) is 64.1 Å². The lowest BCUT2D eigenvalue weighted by Gasteiger charge is -1.96. The van der Waals surface area contributed by atoms with Crippen molar-refractivity contribution in [3.63, 3.8) is 0 Å². The average Bonchev–Trinajstić information content (AvgIpc) is 3.19. The zero-order chi connectivity index (χ0) is 16.5. The van der Waals surface area contributed by atoms with E-state index in [1.807, 2.05) is 31.3 Å². The van der Waals surface area contributed by atoms with Crippen LogP contribution in [-0.4, -0.2) is 19.8 Å². The van der Waals surface area contributed by atoms with Crippen LogP contribution in [0.15, 0.2) is 59.3 Å². The number of para-hydroxylation sites is 2. The van der Waals surface area contributed by atoms with E-state index in [-0.39, 0.29) is 5.75 Å². The molecule has 0 unspecified atom stereocenters. The summed E-state index contributed by atoms with van der Waals surface area (Å²) in [6.07, 6.45) is 5.82. The van der Waals surface area contributed by atoms with Gasteiger partial charge in [-0.3, -0.25) is 0 Å². The number of hydrogen-bond donors (Lipinski definition) is 1. The van der Waals surface area contributed by atoms with Crippen LogP contribution in [-0.2, 0) is 7.05 Å². The van der Waals surface area contributed by atoms with E-state index in [2.05, 4.69) is 33.0 Å². The molecule has 0 spiro atoms. The Kier molecular flexibility index (Phi) is 3.39. The molecule has 0 radical (unpaired) electrons. The van der Waals surface area contributed by atoms with Crippen molar-refractivity contribution in [2.75, 3.05) is 0 Å². The molecule has 4 aromatic rings. The largest absolute Gasteiger partial charge is 0.507 e. The summed E-state index contributed by atoms with van der Waals surface area (Å²) in [6, 6.07) is 15.1. The van der Waals surface area contributed by atoms with Crippen molar-refractivity contribution in [2.24, 2.45) is 7.05 Å². The van der Waals surface area contributed by atoms with Gasteiger partial charge >= 0.3 is 0 Å². The summed E-state index contributed by atoms with van der Waals surface area (Å²) in [5, 5.41) is 15.0. The summed E-state index contributed by atoms with van der Waals surface area (Å²) in [5.74, 6) is 0.873. The number of aryl methyl sites for hydroxylation is 1. The zero-order valence-electron chi connectivity index (χ0n) is 13.0. The van der Waals surface area contributed by atoms with Crippen LogP contribution in [0.1, 0.15) is 11.4 Å². The SMILES string of the molecule is Cn1cc(C=Cc2noc(-c3ccccc3O)n2)c2ccccc21. The maximum atomic E-state index is 9.85. The third-order valence-corrected chi connectivity index (χ3v) is 3.92. The third-order valence-electron chi connectivity index (χ3n) is 3.92. The van der Waals surface area contributed by atoms with Gasteiger partial charge in [0.2, 0.25) is 0 Å². The minimum Gasteiger partial charge on any atom is -0.507 e. The Labute approximate surface area is 138 Å². The number of phenols is 1. The number of aromatic nitrogens is 3. The van der Waals surface area contributed by atoms with Crippen molar-refractivity contribution in [1.82, 2.24) is 14.7 Å². The molecule has 5 nitrogen and oxygen atoms in total. The highest BCUT2D eigenvalue weighted by Gasteiger charge is 2.11. The second-order valence-corrected chi connectivity index (χ2v) is 5.52. The Balaban J connectivity index is 1.66. The summed E-state index contributed by atoms with van der Waals surface area (Å²) in [5.41, 5.74) is 2.77. The van der Waals surface area contributed by atoms with E-state index in [1.165, 1.54) is 10.9 Å².